The Balaban J connectivity index is 1.99. The lowest BCUT2D eigenvalue weighted by atomic mass is 10.0. The van der Waals surface area contributed by atoms with Gasteiger partial charge in [-0.3, -0.25) is 9.59 Å². The number of ether oxygens (including phenoxy) is 1. The topological polar surface area (TPSA) is 111 Å². The van der Waals surface area contributed by atoms with Crippen LogP contribution in [0.25, 0.3) is 0 Å². The van der Waals surface area contributed by atoms with Gasteiger partial charge in [-0.1, -0.05) is 29.8 Å². The summed E-state index contributed by atoms with van der Waals surface area (Å²) in [5.74, 6) is -1.76. The van der Waals surface area contributed by atoms with Crippen molar-refractivity contribution in [2.24, 2.45) is 5.73 Å². The van der Waals surface area contributed by atoms with Gasteiger partial charge in [-0.05, 0) is 42.8 Å². The highest BCUT2D eigenvalue weighted by molar-refractivity contribution is 6.31. The molecule has 3 amide bonds. The quantitative estimate of drug-likeness (QED) is 0.612. The van der Waals surface area contributed by atoms with Crippen LogP contribution in [0.4, 0.5) is 14.9 Å². The molecule has 0 bridgehead atoms. The highest BCUT2D eigenvalue weighted by Crippen LogP contribution is 2.25. The summed E-state index contributed by atoms with van der Waals surface area (Å²) in [6.45, 7) is 1.39. The molecule has 0 fully saturated rings. The number of nitrogens with two attached hydrogens (primary N) is 1. The molecule has 0 aliphatic rings. The Kier molecular flexibility index (Phi) is 7.34. The Hall–Kier alpha value is -3.13. The molecule has 148 valence electrons. The van der Waals surface area contributed by atoms with Crippen LogP contribution >= 0.6 is 11.6 Å². The summed E-state index contributed by atoms with van der Waals surface area (Å²) in [5.41, 5.74) is 6.02. The number of anilines is 1. The minimum Gasteiger partial charge on any atom is -0.452 e. The summed E-state index contributed by atoms with van der Waals surface area (Å²) in [7, 11) is 0. The second-order valence-electron chi connectivity index (χ2n) is 5.92. The summed E-state index contributed by atoms with van der Waals surface area (Å²) in [6, 6.07) is 10.1. The molecule has 2 aromatic carbocycles. The first-order valence-corrected chi connectivity index (χ1v) is 8.70. The SMILES string of the molecule is C[C@H](OC(=O)C[C@H](NC(N)=O)c1ccccc1Cl)C(=O)Nc1ccc(F)cc1. The number of halogens is 2. The Morgan fingerprint density at radius 2 is 1.79 bits per heavy atom. The van der Waals surface area contributed by atoms with Crippen molar-refractivity contribution in [3.8, 4) is 0 Å². The highest BCUT2D eigenvalue weighted by atomic mass is 35.5. The first kappa shape index (κ1) is 21.2. The molecule has 0 radical (unpaired) electrons. The molecule has 9 heteroatoms. The lowest BCUT2D eigenvalue weighted by Gasteiger charge is -2.20. The number of esters is 1. The third-order valence-corrected chi connectivity index (χ3v) is 4.10. The van der Waals surface area contributed by atoms with Crippen molar-refractivity contribution in [3.63, 3.8) is 0 Å². The molecule has 2 aromatic rings. The summed E-state index contributed by atoms with van der Waals surface area (Å²) >= 11 is 6.11. The number of primary amides is 1. The van der Waals surface area contributed by atoms with Gasteiger partial charge in [-0.15, -0.1) is 0 Å². The van der Waals surface area contributed by atoms with E-state index in [4.69, 9.17) is 22.1 Å². The maximum absolute atomic E-state index is 12.9. The first-order chi connectivity index (χ1) is 13.3. The summed E-state index contributed by atoms with van der Waals surface area (Å²) in [6.07, 6.45) is -1.39. The second-order valence-corrected chi connectivity index (χ2v) is 6.32. The zero-order chi connectivity index (χ0) is 20.7. The van der Waals surface area contributed by atoms with Crippen molar-refractivity contribution >= 4 is 35.2 Å². The molecular formula is C19H19ClFN3O4. The lowest BCUT2D eigenvalue weighted by molar-refractivity contribution is -0.153. The minimum absolute atomic E-state index is 0.277. The van der Waals surface area contributed by atoms with E-state index in [1.807, 2.05) is 0 Å². The van der Waals surface area contributed by atoms with Crippen LogP contribution in [0.15, 0.2) is 48.5 Å². The van der Waals surface area contributed by atoms with Gasteiger partial charge >= 0.3 is 12.0 Å². The van der Waals surface area contributed by atoms with Crippen LogP contribution in [-0.2, 0) is 14.3 Å². The van der Waals surface area contributed by atoms with Gasteiger partial charge in [0.1, 0.15) is 5.82 Å². The largest absolute Gasteiger partial charge is 0.452 e. The van der Waals surface area contributed by atoms with E-state index >= 15 is 0 Å². The normalized spacial score (nSPS) is 12.5. The number of amides is 3. The van der Waals surface area contributed by atoms with Crippen molar-refractivity contribution in [2.75, 3.05) is 5.32 Å². The van der Waals surface area contributed by atoms with E-state index < -0.39 is 35.9 Å². The van der Waals surface area contributed by atoms with Crippen LogP contribution in [0, 0.1) is 5.82 Å². The molecule has 2 rings (SSSR count). The Morgan fingerprint density at radius 1 is 1.14 bits per heavy atom. The fraction of sp³-hybridized carbons (Fsp3) is 0.211. The molecule has 28 heavy (non-hydrogen) atoms. The van der Waals surface area contributed by atoms with Crippen molar-refractivity contribution in [3.05, 3.63) is 64.9 Å². The van der Waals surface area contributed by atoms with Gasteiger partial charge in [0.2, 0.25) is 0 Å². The van der Waals surface area contributed by atoms with Gasteiger partial charge in [0.05, 0.1) is 12.5 Å². The average Bonchev–Trinajstić information content (AvgIpc) is 2.63. The molecule has 0 aliphatic heterocycles. The molecule has 7 nitrogen and oxygen atoms in total. The maximum atomic E-state index is 12.9. The monoisotopic (exact) mass is 407 g/mol. The van der Waals surface area contributed by atoms with Crippen molar-refractivity contribution in [1.29, 1.82) is 0 Å². The van der Waals surface area contributed by atoms with Crippen LogP contribution in [0.3, 0.4) is 0 Å². The number of benzene rings is 2. The number of hydrogen-bond donors (Lipinski definition) is 3. The van der Waals surface area contributed by atoms with Gasteiger partial charge < -0.3 is 21.1 Å². The predicted molar refractivity (Wildman–Crippen MR) is 102 cm³/mol. The Labute approximate surface area is 166 Å². The van der Waals surface area contributed by atoms with Crippen molar-refractivity contribution < 1.29 is 23.5 Å². The minimum atomic E-state index is -1.11. The molecule has 0 saturated heterocycles. The van der Waals surface area contributed by atoms with Gasteiger partial charge in [0.15, 0.2) is 6.10 Å². The summed E-state index contributed by atoms with van der Waals surface area (Å²) in [5, 5.41) is 5.28. The first-order valence-electron chi connectivity index (χ1n) is 8.32. The molecule has 0 aliphatic carbocycles. The van der Waals surface area contributed by atoms with E-state index in [2.05, 4.69) is 10.6 Å². The van der Waals surface area contributed by atoms with Crippen LogP contribution < -0.4 is 16.4 Å². The molecule has 2 atom stereocenters. The number of carbonyl (C=O) groups excluding carboxylic acids is 3. The van der Waals surface area contributed by atoms with E-state index in [0.29, 0.717) is 16.3 Å². The molecule has 0 spiro atoms. The van der Waals surface area contributed by atoms with Crippen LogP contribution in [-0.4, -0.2) is 24.0 Å². The second kappa shape index (κ2) is 9.70. The summed E-state index contributed by atoms with van der Waals surface area (Å²) < 4.78 is 18.0. The molecule has 0 aromatic heterocycles. The summed E-state index contributed by atoms with van der Waals surface area (Å²) in [4.78, 5) is 35.6. The molecule has 0 heterocycles. The average molecular weight is 408 g/mol. The number of nitrogens with one attached hydrogen (secondary N) is 2. The zero-order valence-corrected chi connectivity index (χ0v) is 15.7. The molecule has 0 saturated carbocycles. The van der Waals surface area contributed by atoms with E-state index in [-0.39, 0.29) is 6.42 Å². The Morgan fingerprint density at radius 3 is 2.39 bits per heavy atom. The van der Waals surface area contributed by atoms with Crippen LogP contribution in [0.2, 0.25) is 5.02 Å². The molecule has 0 unspecified atom stereocenters. The number of rotatable bonds is 7. The standard InChI is InChI=1S/C19H19ClFN3O4/c1-11(18(26)23-13-8-6-12(21)7-9-13)28-17(25)10-16(24-19(22)27)14-4-2-3-5-15(14)20/h2-9,11,16H,10H2,1H3,(H,23,26)(H3,22,24,27)/t11-,16-/m0/s1. The van der Waals surface area contributed by atoms with Gasteiger partial charge in [-0.2, -0.15) is 0 Å². The van der Waals surface area contributed by atoms with Crippen LogP contribution in [0.5, 0.6) is 0 Å². The van der Waals surface area contributed by atoms with Crippen molar-refractivity contribution in [2.45, 2.75) is 25.5 Å². The van der Waals surface area contributed by atoms with E-state index in [1.54, 1.807) is 24.3 Å². The van der Waals surface area contributed by atoms with Crippen LogP contribution in [0.1, 0.15) is 24.9 Å². The lowest BCUT2D eigenvalue weighted by Crippen LogP contribution is -2.36. The fourth-order valence-corrected chi connectivity index (χ4v) is 2.68. The number of hydrogen-bond acceptors (Lipinski definition) is 4. The third kappa shape index (κ3) is 6.24. The number of carbonyl (C=O) groups is 3. The zero-order valence-electron chi connectivity index (χ0n) is 14.9. The smallest absolute Gasteiger partial charge is 0.312 e. The third-order valence-electron chi connectivity index (χ3n) is 3.76. The van der Waals surface area contributed by atoms with Gasteiger partial charge in [0.25, 0.3) is 5.91 Å². The van der Waals surface area contributed by atoms with Crippen molar-refractivity contribution in [1.82, 2.24) is 5.32 Å². The maximum Gasteiger partial charge on any atom is 0.312 e. The highest BCUT2D eigenvalue weighted by Gasteiger charge is 2.24. The van der Waals surface area contributed by atoms with Gasteiger partial charge in [-0.25, -0.2) is 9.18 Å². The molecule has 4 N–H and O–H groups in total. The van der Waals surface area contributed by atoms with E-state index in [0.717, 1.165) is 0 Å². The fourth-order valence-electron chi connectivity index (χ4n) is 2.41. The number of urea groups is 1. The van der Waals surface area contributed by atoms with Gasteiger partial charge in [0, 0.05) is 10.7 Å². The Bertz CT molecular complexity index is 861. The molecular weight excluding hydrogens is 389 g/mol. The predicted octanol–water partition coefficient (Wildman–Crippen LogP) is 3.15. The van der Waals surface area contributed by atoms with E-state index in [1.165, 1.54) is 31.2 Å². The van der Waals surface area contributed by atoms with E-state index in [9.17, 15) is 18.8 Å².